The van der Waals surface area contributed by atoms with E-state index in [1.807, 2.05) is 19.4 Å². The quantitative estimate of drug-likeness (QED) is 0.914. The summed E-state index contributed by atoms with van der Waals surface area (Å²) >= 11 is 0. The highest BCUT2D eigenvalue weighted by Crippen LogP contribution is 2.36. The van der Waals surface area contributed by atoms with Crippen molar-refractivity contribution in [1.29, 1.82) is 0 Å². The molecule has 1 aliphatic rings. The van der Waals surface area contributed by atoms with Gasteiger partial charge >= 0.3 is 0 Å². The van der Waals surface area contributed by atoms with Crippen molar-refractivity contribution >= 4 is 0 Å². The van der Waals surface area contributed by atoms with E-state index >= 15 is 0 Å². The molecular weight excluding hydrogens is 236 g/mol. The minimum Gasteiger partial charge on any atom is -0.493 e. The van der Waals surface area contributed by atoms with Crippen molar-refractivity contribution in [3.05, 3.63) is 58.9 Å². The Labute approximate surface area is 113 Å². The summed E-state index contributed by atoms with van der Waals surface area (Å²) in [4.78, 5) is 4.17. The normalized spacial score (nSPS) is 14.8. The largest absolute Gasteiger partial charge is 0.493 e. The van der Waals surface area contributed by atoms with Gasteiger partial charge in [0, 0.05) is 24.4 Å². The highest BCUT2D eigenvalue weighted by molar-refractivity contribution is 5.49. The molecule has 19 heavy (non-hydrogen) atoms. The van der Waals surface area contributed by atoms with Crippen molar-refractivity contribution in [2.24, 2.45) is 0 Å². The van der Waals surface area contributed by atoms with E-state index in [1.54, 1.807) is 0 Å². The van der Waals surface area contributed by atoms with Crippen molar-refractivity contribution in [3.8, 4) is 5.75 Å². The van der Waals surface area contributed by atoms with E-state index in [2.05, 4.69) is 41.5 Å². The molecular formula is C16H18N2O. The van der Waals surface area contributed by atoms with Gasteiger partial charge in [0.2, 0.25) is 0 Å². The molecule has 3 rings (SSSR count). The molecule has 0 spiro atoms. The zero-order valence-corrected chi connectivity index (χ0v) is 11.3. The van der Waals surface area contributed by atoms with Crippen LogP contribution in [0.3, 0.4) is 0 Å². The number of pyridine rings is 1. The molecule has 0 fully saturated rings. The third-order valence-electron chi connectivity index (χ3n) is 3.72. The molecule has 3 nitrogen and oxygen atoms in total. The van der Waals surface area contributed by atoms with Gasteiger partial charge in [0.1, 0.15) is 5.75 Å². The maximum absolute atomic E-state index is 5.82. The zero-order chi connectivity index (χ0) is 13.2. The van der Waals surface area contributed by atoms with Gasteiger partial charge in [-0.15, -0.1) is 0 Å². The lowest BCUT2D eigenvalue weighted by atomic mass is 9.94. The number of nitrogens with zero attached hydrogens (tertiary/aromatic N) is 1. The van der Waals surface area contributed by atoms with Crippen LogP contribution in [0.1, 0.15) is 28.3 Å². The summed E-state index contributed by atoms with van der Waals surface area (Å²) < 4.78 is 5.82. The number of nitrogens with one attached hydrogen (secondary N) is 1. The lowest BCUT2D eigenvalue weighted by molar-refractivity contribution is 0.351. The summed E-state index contributed by atoms with van der Waals surface area (Å²) in [5, 5.41) is 3.40. The Kier molecular flexibility index (Phi) is 3.22. The van der Waals surface area contributed by atoms with Gasteiger partial charge in [-0.3, -0.25) is 4.98 Å². The van der Waals surface area contributed by atoms with E-state index in [4.69, 9.17) is 4.74 Å². The predicted molar refractivity (Wildman–Crippen MR) is 75.5 cm³/mol. The highest BCUT2D eigenvalue weighted by atomic mass is 16.5. The molecule has 2 aromatic rings. The number of rotatable bonds is 3. The van der Waals surface area contributed by atoms with Crippen LogP contribution in [0.5, 0.6) is 5.75 Å². The van der Waals surface area contributed by atoms with Crippen LogP contribution in [0.2, 0.25) is 0 Å². The smallest absolute Gasteiger partial charge is 0.127 e. The number of hydrogen-bond acceptors (Lipinski definition) is 3. The zero-order valence-electron chi connectivity index (χ0n) is 11.3. The van der Waals surface area contributed by atoms with Crippen LogP contribution in [0.15, 0.2) is 36.7 Å². The molecule has 1 unspecified atom stereocenters. The van der Waals surface area contributed by atoms with Gasteiger partial charge in [-0.2, -0.15) is 0 Å². The number of ether oxygens (including phenoxy) is 1. The van der Waals surface area contributed by atoms with Gasteiger partial charge in [0.25, 0.3) is 0 Å². The van der Waals surface area contributed by atoms with Crippen LogP contribution in [0.25, 0.3) is 0 Å². The number of aryl methyl sites for hydroxylation is 1. The second-order valence-electron chi connectivity index (χ2n) is 4.89. The number of fused-ring (bicyclic) bond motifs is 1. The molecule has 1 aromatic carbocycles. The highest BCUT2D eigenvalue weighted by Gasteiger charge is 2.23. The minimum absolute atomic E-state index is 0.149. The number of aromatic nitrogens is 1. The van der Waals surface area contributed by atoms with Crippen LogP contribution >= 0.6 is 0 Å². The van der Waals surface area contributed by atoms with Gasteiger partial charge in [0.15, 0.2) is 0 Å². The molecule has 1 atom stereocenters. The third kappa shape index (κ3) is 2.10. The van der Waals surface area contributed by atoms with Gasteiger partial charge < -0.3 is 10.1 Å². The summed E-state index contributed by atoms with van der Waals surface area (Å²) in [5.41, 5.74) is 4.97. The van der Waals surface area contributed by atoms with E-state index in [1.165, 1.54) is 22.3 Å². The summed E-state index contributed by atoms with van der Waals surface area (Å²) in [6.07, 6.45) is 4.76. The van der Waals surface area contributed by atoms with Crippen LogP contribution in [0, 0.1) is 6.92 Å². The van der Waals surface area contributed by atoms with Crippen molar-refractivity contribution in [3.63, 3.8) is 0 Å². The number of benzene rings is 1. The summed E-state index contributed by atoms with van der Waals surface area (Å²) in [6.45, 7) is 2.88. The molecule has 0 radical (unpaired) electrons. The first-order valence-electron chi connectivity index (χ1n) is 6.63. The molecule has 0 aliphatic carbocycles. The van der Waals surface area contributed by atoms with Crippen LogP contribution in [0.4, 0.5) is 0 Å². The maximum atomic E-state index is 5.82. The minimum atomic E-state index is 0.149. The van der Waals surface area contributed by atoms with Gasteiger partial charge in [0.05, 0.1) is 12.6 Å². The Morgan fingerprint density at radius 1 is 1.26 bits per heavy atom. The first-order chi connectivity index (χ1) is 9.31. The predicted octanol–water partition coefficient (Wildman–Crippen LogP) is 2.63. The van der Waals surface area contributed by atoms with Gasteiger partial charge in [-0.1, -0.05) is 18.2 Å². The van der Waals surface area contributed by atoms with E-state index in [9.17, 15) is 0 Å². The molecule has 3 heteroatoms. The van der Waals surface area contributed by atoms with Crippen LogP contribution < -0.4 is 10.1 Å². The molecule has 0 amide bonds. The first-order valence-corrected chi connectivity index (χ1v) is 6.63. The number of hydrogen-bond donors (Lipinski definition) is 1. The lowest BCUT2D eigenvalue weighted by Crippen LogP contribution is -2.19. The second-order valence-corrected chi connectivity index (χ2v) is 4.89. The van der Waals surface area contributed by atoms with Crippen molar-refractivity contribution in [2.45, 2.75) is 19.4 Å². The topological polar surface area (TPSA) is 34.2 Å². The average Bonchev–Trinajstić information content (AvgIpc) is 2.91. The van der Waals surface area contributed by atoms with Crippen LogP contribution in [-0.2, 0) is 6.42 Å². The fourth-order valence-electron chi connectivity index (χ4n) is 2.75. The van der Waals surface area contributed by atoms with E-state index in [-0.39, 0.29) is 6.04 Å². The van der Waals surface area contributed by atoms with Crippen molar-refractivity contribution in [2.75, 3.05) is 13.7 Å². The summed E-state index contributed by atoms with van der Waals surface area (Å²) in [7, 11) is 1.98. The molecule has 1 N–H and O–H groups in total. The molecule has 0 bridgehead atoms. The lowest BCUT2D eigenvalue weighted by Gasteiger charge is -2.21. The Morgan fingerprint density at radius 2 is 2.16 bits per heavy atom. The number of para-hydroxylation sites is 1. The Hall–Kier alpha value is -1.87. The van der Waals surface area contributed by atoms with Crippen molar-refractivity contribution < 1.29 is 4.74 Å². The Morgan fingerprint density at radius 3 is 2.95 bits per heavy atom. The fourth-order valence-corrected chi connectivity index (χ4v) is 2.75. The Balaban J connectivity index is 2.09. The van der Waals surface area contributed by atoms with E-state index < -0.39 is 0 Å². The maximum Gasteiger partial charge on any atom is 0.127 e. The Bertz CT molecular complexity index is 595. The molecule has 0 saturated carbocycles. The monoisotopic (exact) mass is 254 g/mol. The SMILES string of the molecule is CNC(c1ccncc1C)c1cccc2c1OCC2. The molecule has 1 aromatic heterocycles. The van der Waals surface area contributed by atoms with Crippen LogP contribution in [-0.4, -0.2) is 18.6 Å². The average molecular weight is 254 g/mol. The molecule has 1 aliphatic heterocycles. The standard InChI is InChI=1S/C16H18N2O/c1-11-10-18-8-6-13(11)15(17-2)14-5-3-4-12-7-9-19-16(12)14/h3-6,8,10,15,17H,7,9H2,1-2H3. The molecule has 98 valence electrons. The van der Waals surface area contributed by atoms with Crippen molar-refractivity contribution in [1.82, 2.24) is 10.3 Å². The fraction of sp³-hybridized carbons (Fsp3) is 0.312. The molecule has 0 saturated heterocycles. The van der Waals surface area contributed by atoms with Gasteiger partial charge in [-0.05, 0) is 36.7 Å². The van der Waals surface area contributed by atoms with E-state index in [0.717, 1.165) is 18.8 Å². The summed E-state index contributed by atoms with van der Waals surface area (Å²) in [5.74, 6) is 1.05. The second kappa shape index (κ2) is 5.02. The van der Waals surface area contributed by atoms with Gasteiger partial charge in [-0.25, -0.2) is 0 Å². The third-order valence-corrected chi connectivity index (χ3v) is 3.72. The first kappa shape index (κ1) is 12.2. The van der Waals surface area contributed by atoms with E-state index in [0.29, 0.717) is 0 Å². The summed E-state index contributed by atoms with van der Waals surface area (Å²) in [6, 6.07) is 8.63. The molecule has 2 heterocycles.